The van der Waals surface area contributed by atoms with Crippen LogP contribution in [0.2, 0.25) is 0 Å². The number of likely N-dealkylation sites (tertiary alicyclic amines) is 1. The van der Waals surface area contributed by atoms with E-state index in [0.29, 0.717) is 11.4 Å². The summed E-state index contributed by atoms with van der Waals surface area (Å²) >= 11 is 0. The van der Waals surface area contributed by atoms with Crippen LogP contribution in [0.3, 0.4) is 0 Å². The molecule has 1 fully saturated rings. The molecule has 0 radical (unpaired) electrons. The van der Waals surface area contributed by atoms with Gasteiger partial charge in [-0.25, -0.2) is 8.42 Å². The van der Waals surface area contributed by atoms with Gasteiger partial charge in [0.05, 0.1) is 17.1 Å². The Hall–Kier alpha value is -1.80. The molecule has 1 aromatic carbocycles. The molecule has 0 unspecified atom stereocenters. The molecule has 8 heteroatoms. The van der Waals surface area contributed by atoms with Crippen LogP contribution in [0.1, 0.15) is 32.0 Å². The van der Waals surface area contributed by atoms with Gasteiger partial charge in [0, 0.05) is 6.26 Å². The summed E-state index contributed by atoms with van der Waals surface area (Å²) in [6.45, 7) is 5.12. The molecule has 0 saturated carbocycles. The Bertz CT molecular complexity index is 785. The van der Waals surface area contributed by atoms with E-state index >= 15 is 0 Å². The summed E-state index contributed by atoms with van der Waals surface area (Å²) < 4.78 is 24.8. The van der Waals surface area contributed by atoms with E-state index in [9.17, 15) is 8.42 Å². The predicted molar refractivity (Wildman–Crippen MR) is 90.6 cm³/mol. The second-order valence-corrected chi connectivity index (χ2v) is 8.60. The van der Waals surface area contributed by atoms with Gasteiger partial charge in [-0.3, -0.25) is 4.90 Å². The van der Waals surface area contributed by atoms with Crippen LogP contribution in [0.15, 0.2) is 29.2 Å². The van der Waals surface area contributed by atoms with E-state index in [4.69, 9.17) is 0 Å². The number of aromatic nitrogens is 4. The molecule has 0 aliphatic carbocycles. The lowest BCUT2D eigenvalue weighted by atomic mass is 10.0. The van der Waals surface area contributed by atoms with Gasteiger partial charge in [0.1, 0.15) is 0 Å². The van der Waals surface area contributed by atoms with Crippen molar-refractivity contribution in [3.8, 4) is 5.69 Å². The van der Waals surface area contributed by atoms with Gasteiger partial charge < -0.3 is 0 Å². The highest BCUT2D eigenvalue weighted by atomic mass is 32.2. The SMILES string of the molecule is C[C@H]1CCCN(Cc2nnnn2-c2ccc(S(C)(=O)=O)cc2)CC1. The number of benzene rings is 1. The molecule has 24 heavy (non-hydrogen) atoms. The summed E-state index contributed by atoms with van der Waals surface area (Å²) in [5, 5.41) is 12.0. The van der Waals surface area contributed by atoms with Crippen molar-refractivity contribution in [3.63, 3.8) is 0 Å². The summed E-state index contributed by atoms with van der Waals surface area (Å²) in [7, 11) is -3.20. The maximum absolute atomic E-state index is 11.6. The zero-order chi connectivity index (χ0) is 17.2. The molecule has 2 aromatic rings. The Morgan fingerprint density at radius 2 is 1.92 bits per heavy atom. The van der Waals surface area contributed by atoms with Gasteiger partial charge in [0.15, 0.2) is 15.7 Å². The summed E-state index contributed by atoms with van der Waals surface area (Å²) in [6.07, 6.45) is 4.87. The van der Waals surface area contributed by atoms with Gasteiger partial charge in [-0.2, -0.15) is 4.68 Å². The van der Waals surface area contributed by atoms with E-state index in [1.165, 1.54) is 25.5 Å². The summed E-state index contributed by atoms with van der Waals surface area (Å²) in [5.41, 5.74) is 0.769. The van der Waals surface area contributed by atoms with E-state index in [2.05, 4.69) is 27.3 Å². The minimum absolute atomic E-state index is 0.294. The van der Waals surface area contributed by atoms with Crippen LogP contribution in [-0.4, -0.2) is 52.9 Å². The van der Waals surface area contributed by atoms with Gasteiger partial charge in [-0.1, -0.05) is 6.92 Å². The summed E-state index contributed by atoms with van der Waals surface area (Å²) in [5.74, 6) is 1.55. The van der Waals surface area contributed by atoms with Crippen molar-refractivity contribution in [1.29, 1.82) is 0 Å². The highest BCUT2D eigenvalue weighted by Gasteiger charge is 2.17. The number of hydrogen-bond acceptors (Lipinski definition) is 6. The summed E-state index contributed by atoms with van der Waals surface area (Å²) in [4.78, 5) is 2.68. The Morgan fingerprint density at radius 3 is 2.62 bits per heavy atom. The standard InChI is InChI=1S/C16H23N5O2S/c1-13-4-3-10-20(11-9-13)12-16-17-18-19-21(16)14-5-7-15(8-6-14)24(2,22)23/h5-8,13H,3-4,9-12H2,1-2H3/t13-/m0/s1. The quantitative estimate of drug-likeness (QED) is 0.835. The molecule has 3 rings (SSSR count). The van der Waals surface area contributed by atoms with Crippen molar-refractivity contribution in [2.45, 2.75) is 37.6 Å². The van der Waals surface area contributed by atoms with Crippen molar-refractivity contribution in [2.24, 2.45) is 5.92 Å². The number of sulfone groups is 1. The van der Waals surface area contributed by atoms with E-state index < -0.39 is 9.84 Å². The molecule has 1 aromatic heterocycles. The maximum Gasteiger partial charge on any atom is 0.175 e. The third kappa shape index (κ3) is 3.99. The molecule has 2 heterocycles. The maximum atomic E-state index is 11.6. The Balaban J connectivity index is 1.77. The highest BCUT2D eigenvalue weighted by Crippen LogP contribution is 2.19. The van der Waals surface area contributed by atoms with Crippen LogP contribution < -0.4 is 0 Å². The van der Waals surface area contributed by atoms with Crippen LogP contribution in [-0.2, 0) is 16.4 Å². The van der Waals surface area contributed by atoms with Crippen LogP contribution >= 0.6 is 0 Å². The lowest BCUT2D eigenvalue weighted by Gasteiger charge is -2.19. The topological polar surface area (TPSA) is 81.0 Å². The molecule has 1 aliphatic rings. The van der Waals surface area contributed by atoms with Crippen molar-refractivity contribution in [2.75, 3.05) is 19.3 Å². The molecular weight excluding hydrogens is 326 g/mol. The average molecular weight is 349 g/mol. The smallest absolute Gasteiger partial charge is 0.175 e. The molecule has 1 saturated heterocycles. The first-order valence-corrected chi connectivity index (χ1v) is 10.1. The van der Waals surface area contributed by atoms with E-state index in [1.807, 2.05) is 0 Å². The Kier molecular flexibility index (Phi) is 4.96. The van der Waals surface area contributed by atoms with Gasteiger partial charge in [-0.05, 0) is 73.0 Å². The minimum Gasteiger partial charge on any atom is -0.296 e. The van der Waals surface area contributed by atoms with Gasteiger partial charge in [-0.15, -0.1) is 5.10 Å². The molecule has 0 bridgehead atoms. The summed E-state index contributed by atoms with van der Waals surface area (Å²) in [6, 6.07) is 6.65. The van der Waals surface area contributed by atoms with E-state index in [-0.39, 0.29) is 0 Å². The number of tetrazole rings is 1. The van der Waals surface area contributed by atoms with Crippen molar-refractivity contribution in [1.82, 2.24) is 25.1 Å². The van der Waals surface area contributed by atoms with Crippen molar-refractivity contribution in [3.05, 3.63) is 30.1 Å². The lowest BCUT2D eigenvalue weighted by molar-refractivity contribution is 0.264. The molecule has 0 spiro atoms. The first-order chi connectivity index (χ1) is 11.4. The second kappa shape index (κ2) is 6.98. The van der Waals surface area contributed by atoms with Crippen LogP contribution in [0.5, 0.6) is 0 Å². The number of hydrogen-bond donors (Lipinski definition) is 0. The monoisotopic (exact) mass is 349 g/mol. The Morgan fingerprint density at radius 1 is 1.17 bits per heavy atom. The molecule has 1 atom stereocenters. The third-order valence-corrected chi connectivity index (χ3v) is 5.65. The average Bonchev–Trinajstić information content (AvgIpc) is 2.90. The van der Waals surface area contributed by atoms with E-state index in [0.717, 1.165) is 30.5 Å². The Labute approximate surface area is 142 Å². The lowest BCUT2D eigenvalue weighted by Crippen LogP contribution is -2.26. The first-order valence-electron chi connectivity index (χ1n) is 8.23. The third-order valence-electron chi connectivity index (χ3n) is 4.52. The van der Waals surface area contributed by atoms with Crippen LogP contribution in [0, 0.1) is 5.92 Å². The fourth-order valence-electron chi connectivity index (χ4n) is 3.02. The van der Waals surface area contributed by atoms with Gasteiger partial charge >= 0.3 is 0 Å². The van der Waals surface area contributed by atoms with Gasteiger partial charge in [0.2, 0.25) is 0 Å². The fourth-order valence-corrected chi connectivity index (χ4v) is 3.65. The normalized spacial score (nSPS) is 20.0. The molecule has 1 aliphatic heterocycles. The number of rotatable bonds is 4. The fraction of sp³-hybridized carbons (Fsp3) is 0.562. The van der Waals surface area contributed by atoms with Crippen molar-refractivity contribution < 1.29 is 8.42 Å². The van der Waals surface area contributed by atoms with Crippen molar-refractivity contribution >= 4 is 9.84 Å². The molecule has 7 nitrogen and oxygen atoms in total. The zero-order valence-corrected chi connectivity index (χ0v) is 14.9. The zero-order valence-electron chi connectivity index (χ0n) is 14.1. The molecular formula is C16H23N5O2S. The molecule has 130 valence electrons. The van der Waals surface area contributed by atoms with Crippen LogP contribution in [0.25, 0.3) is 5.69 Å². The first kappa shape index (κ1) is 17.0. The van der Waals surface area contributed by atoms with E-state index in [1.54, 1.807) is 28.9 Å². The molecule has 0 amide bonds. The molecule has 0 N–H and O–H groups in total. The largest absolute Gasteiger partial charge is 0.296 e. The van der Waals surface area contributed by atoms with Gasteiger partial charge in [0.25, 0.3) is 0 Å². The highest BCUT2D eigenvalue weighted by molar-refractivity contribution is 7.90. The predicted octanol–water partition coefficient (Wildman–Crippen LogP) is 1.69. The number of nitrogens with zero attached hydrogens (tertiary/aromatic N) is 5. The second-order valence-electron chi connectivity index (χ2n) is 6.59. The minimum atomic E-state index is -3.20. The van der Waals surface area contributed by atoms with Crippen LogP contribution in [0.4, 0.5) is 0 Å².